The van der Waals surface area contributed by atoms with Crippen LogP contribution in [-0.2, 0) is 33.5 Å². The van der Waals surface area contributed by atoms with Gasteiger partial charge in [-0.15, -0.1) is 0 Å². The Labute approximate surface area is 389 Å². The predicted molar refractivity (Wildman–Crippen MR) is 244 cm³/mol. The number of aliphatic hydroxyl groups excluding tert-OH is 3. The van der Waals surface area contributed by atoms with Gasteiger partial charge in [-0.05, 0) is 56.9 Å². The molecule has 338 valence electrons. The maximum absolute atomic E-state index is 12.2. The van der Waals surface area contributed by atoms with E-state index in [1.165, 1.54) is 0 Å². The van der Waals surface area contributed by atoms with Crippen molar-refractivity contribution >= 4 is 83.4 Å². The van der Waals surface area contributed by atoms with Gasteiger partial charge >= 0.3 is 64.9 Å². The van der Waals surface area contributed by atoms with E-state index in [0.29, 0.717) is 24.3 Å². The number of aliphatic hydroxyl groups is 3. The molecule has 2 amide bonds. The molecule has 7 rings (SSSR count). The van der Waals surface area contributed by atoms with Crippen molar-refractivity contribution in [3.05, 3.63) is 47.8 Å². The van der Waals surface area contributed by atoms with Crippen LogP contribution in [0, 0.1) is 0 Å². The molecule has 0 saturated carbocycles. The van der Waals surface area contributed by atoms with Crippen LogP contribution in [0.15, 0.2) is 36.7 Å². The van der Waals surface area contributed by atoms with Gasteiger partial charge < -0.3 is 49.4 Å². The van der Waals surface area contributed by atoms with Gasteiger partial charge in [0.1, 0.15) is 24.8 Å². The molecule has 5 saturated heterocycles. The van der Waals surface area contributed by atoms with Crippen molar-refractivity contribution in [3.63, 3.8) is 0 Å². The van der Waals surface area contributed by atoms with E-state index in [1.807, 2.05) is 19.1 Å². The van der Waals surface area contributed by atoms with E-state index in [2.05, 4.69) is 110 Å². The van der Waals surface area contributed by atoms with Gasteiger partial charge in [0.25, 0.3) is 11.8 Å². The van der Waals surface area contributed by atoms with Crippen LogP contribution in [0.5, 0.6) is 0 Å². The summed E-state index contributed by atoms with van der Waals surface area (Å²) in [6, 6.07) is 7.44. The third-order valence-electron chi connectivity index (χ3n) is 9.69. The molecule has 0 radical (unpaired) electrons. The fraction of sp³-hybridized carbons (Fsp3) is 0.676. The Morgan fingerprint density at radius 2 is 1.22 bits per heavy atom. The number of piperazine rings is 2. The topological polar surface area (TPSA) is 222 Å². The van der Waals surface area contributed by atoms with Crippen LogP contribution in [0.4, 0.5) is 11.6 Å². The second-order valence-electron chi connectivity index (χ2n) is 14.1. The van der Waals surface area contributed by atoms with Gasteiger partial charge in [-0.1, -0.05) is 0 Å². The number of anilines is 2. The van der Waals surface area contributed by atoms with E-state index < -0.39 is 12.6 Å². The van der Waals surface area contributed by atoms with E-state index >= 15 is 0 Å². The van der Waals surface area contributed by atoms with Crippen LogP contribution in [0.25, 0.3) is 0 Å². The number of aromatic nitrogens is 2. The number of hydrogen-bond donors (Lipinski definition) is 6. The van der Waals surface area contributed by atoms with Crippen LogP contribution >= 0.6 is 59.9 Å². The summed E-state index contributed by atoms with van der Waals surface area (Å²) in [6.07, 6.45) is 6.50. The van der Waals surface area contributed by atoms with Gasteiger partial charge in [0.2, 0.25) is 0 Å². The zero-order valence-corrected chi connectivity index (χ0v) is 41.6. The van der Waals surface area contributed by atoms with Gasteiger partial charge in [-0.3, -0.25) is 14.5 Å². The number of hydroxylamine groups is 2. The van der Waals surface area contributed by atoms with E-state index in [0.717, 1.165) is 103 Å². The molecule has 5 atom stereocenters. The van der Waals surface area contributed by atoms with Crippen molar-refractivity contribution in [2.24, 2.45) is 0 Å². The Morgan fingerprint density at radius 3 is 1.58 bits per heavy atom. The standard InChI is InChI=1S/C18H28N4O4.C15H22N4O3.C4H8O4.3HI.V/c1-14(13-23)21-7-9-22(10-8-21)16-6-5-15(12-19-16)18(24)20-26-17-4-2-3-11-25-17;20-15(18-22-14-3-1-2-10-21-14)12-4-5-13(17-11-12)19-8-6-16-7-9-19;5-3-1-7-4(6)2-8-3;;;;/h5-6,12,14,17,23H,2-4,7-11,13H2,1H3,(H,20,24);4-5,11,14,16H,1-3,6-10H2,(H,18,20);3-6H,1-2H2;3*1H;/q;;;;;;+3/p-3. The molecular formula is C37H58I3N8O11V. The van der Waals surface area contributed by atoms with E-state index in [1.54, 1.807) is 24.5 Å². The van der Waals surface area contributed by atoms with Gasteiger partial charge in [0.05, 0.1) is 17.7 Å². The van der Waals surface area contributed by atoms with E-state index in [-0.39, 0.29) is 55.2 Å². The van der Waals surface area contributed by atoms with Gasteiger partial charge in [0, 0.05) is 96.8 Å². The summed E-state index contributed by atoms with van der Waals surface area (Å²) in [5.74, 6) is 1.14. The van der Waals surface area contributed by atoms with Crippen molar-refractivity contribution in [1.29, 1.82) is 0 Å². The summed E-state index contributed by atoms with van der Waals surface area (Å²) in [5.41, 5.74) is 5.82. The molecule has 2 aromatic rings. The molecular weight excluding hydrogens is 1160 g/mol. The van der Waals surface area contributed by atoms with Gasteiger partial charge in [0.15, 0.2) is 25.2 Å². The number of nitrogens with one attached hydrogen (secondary N) is 3. The first-order valence-electron chi connectivity index (χ1n) is 20.0. The molecule has 5 unspecified atom stereocenters. The predicted octanol–water partition coefficient (Wildman–Crippen LogP) is 2.78. The van der Waals surface area contributed by atoms with E-state index in [9.17, 15) is 14.7 Å². The molecule has 5 aliphatic heterocycles. The molecule has 5 fully saturated rings. The van der Waals surface area contributed by atoms with Crippen LogP contribution < -0.4 is 26.1 Å². The quantitative estimate of drug-likeness (QED) is 0.149. The number of ether oxygens (including phenoxy) is 4. The van der Waals surface area contributed by atoms with Crippen LogP contribution in [0.1, 0.15) is 66.2 Å². The number of pyridine rings is 2. The normalized spacial score (nSPS) is 24.0. The summed E-state index contributed by atoms with van der Waals surface area (Å²) in [4.78, 5) is 49.9. The minimum absolute atomic E-state index is 0.0567. The van der Waals surface area contributed by atoms with Crippen LogP contribution in [0.2, 0.25) is 0 Å². The number of nitrogens with zero attached hydrogens (tertiary/aromatic N) is 5. The van der Waals surface area contributed by atoms with Crippen molar-refractivity contribution in [1.82, 2.24) is 31.1 Å². The molecule has 0 bridgehead atoms. The Morgan fingerprint density at radius 1 is 0.767 bits per heavy atom. The fourth-order valence-corrected chi connectivity index (χ4v) is 6.26. The number of rotatable bonds is 10. The Balaban J connectivity index is 0.000000209. The van der Waals surface area contributed by atoms with Crippen molar-refractivity contribution in [2.75, 3.05) is 95.2 Å². The summed E-state index contributed by atoms with van der Waals surface area (Å²) < 4.78 is 20.0. The first-order chi connectivity index (χ1) is 29.0. The zero-order chi connectivity index (χ0) is 43.1. The number of halogens is 3. The Hall–Kier alpha value is -0.826. The fourth-order valence-electron chi connectivity index (χ4n) is 6.26. The maximum atomic E-state index is 12.2. The van der Waals surface area contributed by atoms with Gasteiger partial charge in [-0.25, -0.2) is 30.6 Å². The first-order valence-corrected chi connectivity index (χ1v) is 33.5. The molecule has 2 aromatic heterocycles. The molecule has 7 heterocycles. The second-order valence-corrected chi connectivity index (χ2v) is 49.4. The SMILES string of the molecule is CC(CO)N1CCN(c2ccc(C(=O)NOC3CCCCO3)cn2)CC1.O=C(NOC1CCCCO1)c1ccc(N2CCNCC2)nc1.OC1COC(O)CO1.[I][V]([I])[I]. The van der Waals surface area contributed by atoms with E-state index in [4.69, 9.17) is 29.4 Å². The van der Waals surface area contributed by atoms with Gasteiger partial charge in [-0.2, -0.15) is 0 Å². The summed E-state index contributed by atoms with van der Waals surface area (Å²) in [5, 5.41) is 29.7. The summed E-state index contributed by atoms with van der Waals surface area (Å²) in [6.45, 7) is 10.9. The Bertz CT molecular complexity index is 1470. The molecule has 60 heavy (non-hydrogen) atoms. The number of carbonyl (C=O) groups is 2. The molecule has 0 aliphatic carbocycles. The number of hydrogen-bond acceptors (Lipinski definition) is 17. The van der Waals surface area contributed by atoms with Crippen LogP contribution in [-0.4, -0.2) is 159 Å². The average molecular weight is 1220 g/mol. The Kier molecular flexibility index (Phi) is 25.5. The molecule has 0 aromatic carbocycles. The van der Waals surface area contributed by atoms with Crippen LogP contribution in [0.3, 0.4) is 0 Å². The second kappa shape index (κ2) is 29.6. The monoisotopic (exact) mass is 1220 g/mol. The van der Waals surface area contributed by atoms with Crippen molar-refractivity contribution < 1.29 is 58.5 Å². The first kappa shape index (κ1) is 51.8. The average Bonchev–Trinajstić information content (AvgIpc) is 3.29. The molecule has 0 spiro atoms. The number of amides is 2. The molecule has 5 aliphatic rings. The van der Waals surface area contributed by atoms with Crippen molar-refractivity contribution in [2.45, 2.75) is 76.7 Å². The number of carbonyl (C=O) groups excluding carboxylic acids is 2. The molecule has 6 N–H and O–H groups in total. The molecule has 19 nitrogen and oxygen atoms in total. The minimum atomic E-state index is -0.863. The zero-order valence-electron chi connectivity index (χ0n) is 33.7. The summed E-state index contributed by atoms with van der Waals surface area (Å²) >= 11 is 7.39. The molecule has 23 heteroatoms. The van der Waals surface area contributed by atoms with Crippen molar-refractivity contribution in [3.8, 4) is 0 Å². The summed E-state index contributed by atoms with van der Waals surface area (Å²) in [7, 11) is 0. The third kappa shape index (κ3) is 19.9. The third-order valence-corrected chi connectivity index (χ3v) is 9.69.